The Morgan fingerprint density at radius 1 is 1.08 bits per heavy atom. The number of hydrazine groups is 1. The molecule has 3 fully saturated rings. The molecule has 3 N–H and O–H groups in total. The van der Waals surface area contributed by atoms with Gasteiger partial charge in [0.2, 0.25) is 11.9 Å². The van der Waals surface area contributed by atoms with E-state index >= 15 is 0 Å². The number of aryl methyl sites for hydroxylation is 1. The number of nitrogens with zero attached hydrogens (tertiary/aromatic N) is 5. The molecule has 3 aliphatic heterocycles. The Morgan fingerprint density at radius 2 is 1.92 bits per heavy atom. The number of aromatic nitrogens is 3. The highest BCUT2D eigenvalue weighted by molar-refractivity contribution is 5.75. The third-order valence-corrected chi connectivity index (χ3v) is 8.97. The van der Waals surface area contributed by atoms with E-state index in [4.69, 9.17) is 0 Å². The molecule has 4 unspecified atom stereocenters. The monoisotopic (exact) mass is 506 g/mol. The van der Waals surface area contributed by atoms with Crippen molar-refractivity contribution >= 4 is 11.9 Å². The highest BCUT2D eigenvalue weighted by Crippen LogP contribution is 2.45. The first-order valence-corrected chi connectivity index (χ1v) is 14.5. The van der Waals surface area contributed by atoms with E-state index in [1.807, 2.05) is 0 Å². The van der Waals surface area contributed by atoms with Gasteiger partial charge in [-0.15, -0.1) is 10.2 Å². The van der Waals surface area contributed by atoms with Gasteiger partial charge in [-0.05, 0) is 51.1 Å². The predicted molar refractivity (Wildman–Crippen MR) is 144 cm³/mol. The normalized spacial score (nSPS) is 29.4. The summed E-state index contributed by atoms with van der Waals surface area (Å²) in [6.45, 7) is 5.15. The number of piperidine rings is 1. The van der Waals surface area contributed by atoms with Crippen molar-refractivity contribution in [3.05, 3.63) is 41.7 Å². The number of carbonyl (C=O) groups is 1. The predicted octanol–water partition coefficient (Wildman–Crippen LogP) is 3.28. The quantitative estimate of drug-likeness (QED) is 0.506. The van der Waals surface area contributed by atoms with Crippen LogP contribution in [0.15, 0.2) is 30.3 Å². The first kappa shape index (κ1) is 24.8. The van der Waals surface area contributed by atoms with Gasteiger partial charge in [-0.25, -0.2) is 5.43 Å². The Morgan fingerprint density at radius 3 is 2.78 bits per heavy atom. The van der Waals surface area contributed by atoms with Crippen LogP contribution >= 0.6 is 0 Å². The number of hydrogen-bond acceptors (Lipinski definition) is 7. The fraction of sp³-hybridized carbons (Fsp3) is 0.679. The second kappa shape index (κ2) is 11.1. The SMILES string of the molecule is C[C@@H]1CCCCN1CCNC(=O)CCCc1nnc2n1C1CCCCC1C1NC(c3ccccc3)NN21. The largest absolute Gasteiger partial charge is 0.355 e. The van der Waals surface area contributed by atoms with E-state index in [0.29, 0.717) is 24.4 Å². The van der Waals surface area contributed by atoms with Gasteiger partial charge in [0.05, 0.1) is 0 Å². The minimum absolute atomic E-state index is 0.0668. The van der Waals surface area contributed by atoms with Crippen LogP contribution in [-0.2, 0) is 11.2 Å². The van der Waals surface area contributed by atoms with E-state index in [1.54, 1.807) is 0 Å². The summed E-state index contributed by atoms with van der Waals surface area (Å²) in [6.07, 6.45) is 11.2. The van der Waals surface area contributed by atoms with Gasteiger partial charge in [-0.1, -0.05) is 49.6 Å². The maximum Gasteiger partial charge on any atom is 0.243 e. The first-order valence-electron chi connectivity index (χ1n) is 14.5. The van der Waals surface area contributed by atoms with Crippen molar-refractivity contribution in [1.29, 1.82) is 0 Å². The van der Waals surface area contributed by atoms with E-state index < -0.39 is 0 Å². The lowest BCUT2D eigenvalue weighted by molar-refractivity contribution is -0.121. The Labute approximate surface area is 220 Å². The van der Waals surface area contributed by atoms with Crippen molar-refractivity contribution in [2.24, 2.45) is 5.92 Å². The molecular weight excluding hydrogens is 464 g/mol. The van der Waals surface area contributed by atoms with Crippen LogP contribution in [0.25, 0.3) is 0 Å². The molecular formula is C28H42N8O. The Balaban J connectivity index is 1.07. The lowest BCUT2D eigenvalue weighted by atomic mass is 9.81. The standard InChI is InChI=1S/C28H42N8O/c1-20-10-7-8-18-34(20)19-17-29-25(37)16-9-15-24-31-32-28-35(24)23-14-6-5-13-22(23)27-30-26(33-36(27)28)21-11-3-2-4-12-21/h2-4,11-12,20,22-23,26-27,30,33H,5-10,13-19H2,1H3,(H,29,37)/t20-,22?,23?,26?,27?/m1/s1. The molecule has 1 aromatic carbocycles. The van der Waals surface area contributed by atoms with Crippen molar-refractivity contribution in [2.75, 3.05) is 24.6 Å². The molecule has 0 bridgehead atoms. The maximum absolute atomic E-state index is 12.5. The Bertz CT molecular complexity index is 1060. The fourth-order valence-corrected chi connectivity index (χ4v) is 6.96. The zero-order valence-corrected chi connectivity index (χ0v) is 22.1. The summed E-state index contributed by atoms with van der Waals surface area (Å²) in [6, 6.07) is 11.6. The number of amides is 1. The Kier molecular flexibility index (Phi) is 7.44. The lowest BCUT2D eigenvalue weighted by Crippen LogP contribution is -2.53. The number of carbonyl (C=O) groups excluding carboxylic acids is 1. The number of benzene rings is 1. The lowest BCUT2D eigenvalue weighted by Gasteiger charge is -2.44. The van der Waals surface area contributed by atoms with Crippen LogP contribution in [0.3, 0.4) is 0 Å². The van der Waals surface area contributed by atoms with E-state index in [1.165, 1.54) is 50.5 Å². The molecule has 6 rings (SSSR count). The van der Waals surface area contributed by atoms with Crippen LogP contribution in [-0.4, -0.2) is 57.4 Å². The van der Waals surface area contributed by atoms with Gasteiger partial charge in [0.15, 0.2) is 0 Å². The summed E-state index contributed by atoms with van der Waals surface area (Å²) in [4.78, 5) is 15.0. The molecule has 5 atom stereocenters. The topological polar surface area (TPSA) is 90.3 Å². The molecule has 2 saturated heterocycles. The molecule has 4 aliphatic rings. The third-order valence-electron chi connectivity index (χ3n) is 8.97. The third kappa shape index (κ3) is 5.13. The van der Waals surface area contributed by atoms with Crippen molar-refractivity contribution in [2.45, 2.75) is 95.5 Å². The zero-order valence-electron chi connectivity index (χ0n) is 22.1. The van der Waals surface area contributed by atoms with E-state index in [2.05, 4.69) is 78.0 Å². The maximum atomic E-state index is 12.5. The number of likely N-dealkylation sites (tertiary alicyclic amines) is 1. The highest BCUT2D eigenvalue weighted by Gasteiger charge is 2.48. The van der Waals surface area contributed by atoms with Gasteiger partial charge in [-0.2, -0.15) is 0 Å². The summed E-state index contributed by atoms with van der Waals surface area (Å²) in [7, 11) is 0. The average molecular weight is 507 g/mol. The zero-order chi connectivity index (χ0) is 25.2. The molecule has 9 heteroatoms. The molecule has 1 saturated carbocycles. The molecule has 1 aromatic heterocycles. The van der Waals surface area contributed by atoms with Crippen LogP contribution in [0.5, 0.6) is 0 Å². The minimum Gasteiger partial charge on any atom is -0.355 e. The van der Waals surface area contributed by atoms with Gasteiger partial charge in [0.25, 0.3) is 0 Å². The van der Waals surface area contributed by atoms with Gasteiger partial charge < -0.3 is 5.32 Å². The number of anilines is 1. The summed E-state index contributed by atoms with van der Waals surface area (Å²) in [5, 5.41) is 18.5. The number of nitrogens with one attached hydrogen (secondary N) is 3. The van der Waals surface area contributed by atoms with Crippen molar-refractivity contribution in [1.82, 2.24) is 35.7 Å². The summed E-state index contributed by atoms with van der Waals surface area (Å²) >= 11 is 0. The van der Waals surface area contributed by atoms with Crippen LogP contribution in [0, 0.1) is 5.92 Å². The van der Waals surface area contributed by atoms with E-state index in [-0.39, 0.29) is 18.2 Å². The highest BCUT2D eigenvalue weighted by atomic mass is 16.1. The molecule has 4 heterocycles. The van der Waals surface area contributed by atoms with Gasteiger partial charge in [0.1, 0.15) is 18.2 Å². The minimum atomic E-state index is 0.0668. The van der Waals surface area contributed by atoms with E-state index in [0.717, 1.165) is 44.2 Å². The summed E-state index contributed by atoms with van der Waals surface area (Å²) in [5.74, 6) is 2.59. The molecule has 1 aliphatic carbocycles. The second-order valence-electron chi connectivity index (χ2n) is 11.3. The molecule has 1 amide bonds. The van der Waals surface area contributed by atoms with Crippen LogP contribution in [0.4, 0.5) is 5.95 Å². The number of hydrogen-bond donors (Lipinski definition) is 3. The average Bonchev–Trinajstić information content (AvgIpc) is 3.56. The van der Waals surface area contributed by atoms with E-state index in [9.17, 15) is 4.79 Å². The molecule has 0 radical (unpaired) electrons. The van der Waals surface area contributed by atoms with Crippen LogP contribution in [0.2, 0.25) is 0 Å². The summed E-state index contributed by atoms with van der Waals surface area (Å²) in [5.41, 5.74) is 4.90. The molecule has 9 nitrogen and oxygen atoms in total. The second-order valence-corrected chi connectivity index (χ2v) is 11.3. The van der Waals surface area contributed by atoms with Crippen molar-refractivity contribution in [3.63, 3.8) is 0 Å². The molecule has 200 valence electrons. The molecule has 2 aromatic rings. The Hall–Kier alpha value is -2.49. The molecule has 37 heavy (non-hydrogen) atoms. The van der Waals surface area contributed by atoms with Crippen LogP contribution < -0.4 is 21.1 Å². The van der Waals surface area contributed by atoms with Crippen molar-refractivity contribution in [3.8, 4) is 0 Å². The van der Waals surface area contributed by atoms with Gasteiger partial charge in [-0.3, -0.25) is 24.6 Å². The number of fused-ring (bicyclic) bond motifs is 6. The van der Waals surface area contributed by atoms with Gasteiger partial charge >= 0.3 is 0 Å². The van der Waals surface area contributed by atoms with Gasteiger partial charge in [0, 0.05) is 43.9 Å². The number of rotatable bonds is 8. The summed E-state index contributed by atoms with van der Waals surface area (Å²) < 4.78 is 2.39. The fourth-order valence-electron chi connectivity index (χ4n) is 6.96. The van der Waals surface area contributed by atoms with Crippen molar-refractivity contribution < 1.29 is 4.79 Å². The van der Waals surface area contributed by atoms with Crippen LogP contribution in [0.1, 0.15) is 88.3 Å². The molecule has 0 spiro atoms. The first-order chi connectivity index (χ1) is 18.2. The smallest absolute Gasteiger partial charge is 0.243 e.